The summed E-state index contributed by atoms with van der Waals surface area (Å²) in [5, 5.41) is 3.44. The van der Waals surface area contributed by atoms with Crippen LogP contribution in [-0.2, 0) is 11.3 Å². The summed E-state index contributed by atoms with van der Waals surface area (Å²) in [6.07, 6.45) is 1.54. The van der Waals surface area contributed by atoms with E-state index in [0.717, 1.165) is 38.2 Å². The molecule has 5 nitrogen and oxygen atoms in total. The van der Waals surface area contributed by atoms with E-state index in [-0.39, 0.29) is 17.6 Å². The lowest BCUT2D eigenvalue weighted by Crippen LogP contribution is -2.37. The van der Waals surface area contributed by atoms with Crippen molar-refractivity contribution in [2.45, 2.75) is 19.4 Å². The van der Waals surface area contributed by atoms with Crippen LogP contribution in [0.4, 0.5) is 5.69 Å². The SMILES string of the molecule is COc1cccc(CN2CCC(C(=O)Nc3ccc(Cl)cc3C(=O)c3ccccc3)CC2)c1. The Kier molecular flexibility index (Phi) is 7.43. The maximum Gasteiger partial charge on any atom is 0.227 e. The highest BCUT2D eigenvalue weighted by molar-refractivity contribution is 6.31. The number of nitrogens with one attached hydrogen (secondary N) is 1. The van der Waals surface area contributed by atoms with Gasteiger partial charge in [0.25, 0.3) is 0 Å². The molecule has 3 aromatic rings. The number of hydrogen-bond donors (Lipinski definition) is 1. The van der Waals surface area contributed by atoms with Crippen LogP contribution < -0.4 is 10.1 Å². The van der Waals surface area contributed by atoms with Gasteiger partial charge >= 0.3 is 0 Å². The summed E-state index contributed by atoms with van der Waals surface area (Å²) in [6.45, 7) is 2.51. The monoisotopic (exact) mass is 462 g/mol. The van der Waals surface area contributed by atoms with Gasteiger partial charge in [-0.1, -0.05) is 54.1 Å². The fourth-order valence-electron chi connectivity index (χ4n) is 4.18. The normalized spacial score (nSPS) is 14.6. The van der Waals surface area contributed by atoms with Crippen molar-refractivity contribution >= 4 is 29.0 Å². The molecule has 0 unspecified atom stereocenters. The van der Waals surface area contributed by atoms with Crippen molar-refractivity contribution in [3.05, 3.63) is 94.5 Å². The minimum atomic E-state index is -0.165. The van der Waals surface area contributed by atoms with E-state index in [1.54, 1.807) is 37.4 Å². The molecule has 0 spiro atoms. The number of nitrogens with zero attached hydrogens (tertiary/aromatic N) is 1. The van der Waals surface area contributed by atoms with Crippen molar-refractivity contribution in [1.82, 2.24) is 4.90 Å². The average Bonchev–Trinajstić information content (AvgIpc) is 2.85. The molecular weight excluding hydrogens is 436 g/mol. The van der Waals surface area contributed by atoms with Gasteiger partial charge in [-0.15, -0.1) is 0 Å². The lowest BCUT2D eigenvalue weighted by Gasteiger charge is -2.31. The molecule has 1 fully saturated rings. The van der Waals surface area contributed by atoms with E-state index in [0.29, 0.717) is 21.8 Å². The largest absolute Gasteiger partial charge is 0.497 e. The minimum Gasteiger partial charge on any atom is -0.497 e. The predicted molar refractivity (Wildman–Crippen MR) is 131 cm³/mol. The van der Waals surface area contributed by atoms with Crippen LogP contribution in [0, 0.1) is 5.92 Å². The molecule has 1 amide bonds. The van der Waals surface area contributed by atoms with E-state index in [1.165, 1.54) is 5.56 Å². The second-order valence-electron chi connectivity index (χ2n) is 8.28. The first kappa shape index (κ1) is 23.0. The Labute approximate surface area is 199 Å². The second kappa shape index (κ2) is 10.6. The Bertz CT molecular complexity index is 1130. The van der Waals surface area contributed by atoms with E-state index in [9.17, 15) is 9.59 Å². The zero-order chi connectivity index (χ0) is 23.2. The molecule has 0 aliphatic carbocycles. The minimum absolute atomic E-state index is 0.0551. The molecule has 33 heavy (non-hydrogen) atoms. The number of ether oxygens (including phenoxy) is 1. The van der Waals surface area contributed by atoms with Gasteiger partial charge in [0.1, 0.15) is 5.75 Å². The number of halogens is 1. The maximum atomic E-state index is 13.0. The van der Waals surface area contributed by atoms with Crippen molar-refractivity contribution in [3.63, 3.8) is 0 Å². The van der Waals surface area contributed by atoms with Crippen molar-refractivity contribution in [3.8, 4) is 5.75 Å². The lowest BCUT2D eigenvalue weighted by molar-refractivity contribution is -0.121. The molecule has 1 heterocycles. The molecular formula is C27H27ClN2O3. The molecule has 1 saturated heterocycles. The Morgan fingerprint density at radius 3 is 2.48 bits per heavy atom. The fraction of sp³-hybridized carbons (Fsp3) is 0.259. The van der Waals surface area contributed by atoms with E-state index in [1.807, 2.05) is 36.4 Å². The third-order valence-electron chi connectivity index (χ3n) is 6.02. The molecule has 1 aliphatic rings. The van der Waals surface area contributed by atoms with Gasteiger partial charge in [0, 0.05) is 28.6 Å². The van der Waals surface area contributed by atoms with Crippen molar-refractivity contribution < 1.29 is 14.3 Å². The molecule has 0 saturated carbocycles. The third-order valence-corrected chi connectivity index (χ3v) is 6.25. The first-order valence-corrected chi connectivity index (χ1v) is 11.5. The van der Waals surface area contributed by atoms with E-state index < -0.39 is 0 Å². The van der Waals surface area contributed by atoms with Crippen molar-refractivity contribution in [2.75, 3.05) is 25.5 Å². The molecule has 170 valence electrons. The number of benzene rings is 3. The summed E-state index contributed by atoms with van der Waals surface area (Å²) in [5.41, 5.74) is 2.65. The lowest BCUT2D eigenvalue weighted by atomic mass is 9.95. The summed E-state index contributed by atoms with van der Waals surface area (Å²) < 4.78 is 5.31. The fourth-order valence-corrected chi connectivity index (χ4v) is 4.35. The van der Waals surface area contributed by atoms with Crippen LogP contribution in [0.1, 0.15) is 34.3 Å². The van der Waals surface area contributed by atoms with Crippen LogP contribution >= 0.6 is 11.6 Å². The summed E-state index contributed by atoms with van der Waals surface area (Å²) in [5.74, 6) is 0.537. The molecule has 3 aromatic carbocycles. The predicted octanol–water partition coefficient (Wildman–Crippen LogP) is 5.43. The molecule has 1 N–H and O–H groups in total. The van der Waals surface area contributed by atoms with Gasteiger partial charge in [-0.25, -0.2) is 0 Å². The van der Waals surface area contributed by atoms with Crippen LogP contribution in [0.2, 0.25) is 5.02 Å². The number of methoxy groups -OCH3 is 1. The van der Waals surface area contributed by atoms with E-state index in [4.69, 9.17) is 16.3 Å². The highest BCUT2D eigenvalue weighted by Crippen LogP contribution is 2.26. The number of likely N-dealkylation sites (tertiary alicyclic amines) is 1. The Morgan fingerprint density at radius 2 is 1.76 bits per heavy atom. The highest BCUT2D eigenvalue weighted by Gasteiger charge is 2.26. The zero-order valence-electron chi connectivity index (χ0n) is 18.6. The number of ketones is 1. The quantitative estimate of drug-likeness (QED) is 0.475. The zero-order valence-corrected chi connectivity index (χ0v) is 19.3. The van der Waals surface area contributed by atoms with Crippen molar-refractivity contribution in [1.29, 1.82) is 0 Å². The number of rotatable bonds is 7. The van der Waals surface area contributed by atoms with Gasteiger partial charge in [-0.3, -0.25) is 14.5 Å². The molecule has 6 heteroatoms. The van der Waals surface area contributed by atoms with Crippen molar-refractivity contribution in [2.24, 2.45) is 5.92 Å². The van der Waals surface area contributed by atoms with Gasteiger partial charge in [-0.05, 0) is 61.8 Å². The van der Waals surface area contributed by atoms with Gasteiger partial charge in [0.2, 0.25) is 5.91 Å². The average molecular weight is 463 g/mol. The number of amides is 1. The molecule has 0 radical (unpaired) electrons. The molecule has 4 rings (SSSR count). The van der Waals surface area contributed by atoms with Gasteiger partial charge in [0.15, 0.2) is 5.78 Å². The molecule has 0 atom stereocenters. The number of piperidine rings is 1. The summed E-state index contributed by atoms with van der Waals surface area (Å²) in [6, 6.07) is 22.1. The highest BCUT2D eigenvalue weighted by atomic mass is 35.5. The third kappa shape index (κ3) is 5.81. The van der Waals surface area contributed by atoms with Crippen LogP contribution in [-0.4, -0.2) is 36.8 Å². The smallest absolute Gasteiger partial charge is 0.227 e. The van der Waals surface area contributed by atoms with Gasteiger partial charge in [-0.2, -0.15) is 0 Å². The topological polar surface area (TPSA) is 58.6 Å². The summed E-state index contributed by atoms with van der Waals surface area (Å²) in [7, 11) is 1.67. The number of hydrogen-bond acceptors (Lipinski definition) is 4. The van der Waals surface area contributed by atoms with Crippen LogP contribution in [0.25, 0.3) is 0 Å². The number of anilines is 1. The molecule has 0 aromatic heterocycles. The number of carbonyl (C=O) groups is 2. The standard InChI is InChI=1S/C27H27ClN2O3/c1-33-23-9-5-6-19(16-23)18-30-14-12-21(13-15-30)27(32)29-25-11-10-22(28)17-24(25)26(31)20-7-3-2-4-8-20/h2-11,16-17,21H,12-15,18H2,1H3,(H,29,32). The van der Waals surface area contributed by atoms with Crippen LogP contribution in [0.5, 0.6) is 5.75 Å². The Hall–Kier alpha value is -3.15. The first-order valence-electron chi connectivity index (χ1n) is 11.1. The molecule has 0 bridgehead atoms. The Balaban J connectivity index is 1.39. The second-order valence-corrected chi connectivity index (χ2v) is 8.71. The van der Waals surface area contributed by atoms with Crippen LogP contribution in [0.15, 0.2) is 72.8 Å². The summed E-state index contributed by atoms with van der Waals surface area (Å²) >= 11 is 6.16. The Morgan fingerprint density at radius 1 is 1.00 bits per heavy atom. The van der Waals surface area contributed by atoms with Gasteiger partial charge in [0.05, 0.1) is 12.8 Å². The van der Waals surface area contributed by atoms with Crippen LogP contribution in [0.3, 0.4) is 0 Å². The summed E-state index contributed by atoms with van der Waals surface area (Å²) in [4.78, 5) is 28.4. The van der Waals surface area contributed by atoms with Gasteiger partial charge < -0.3 is 10.1 Å². The first-order chi connectivity index (χ1) is 16.0. The van der Waals surface area contributed by atoms with E-state index >= 15 is 0 Å². The van der Waals surface area contributed by atoms with E-state index in [2.05, 4.69) is 16.3 Å². The number of carbonyl (C=O) groups excluding carboxylic acids is 2. The maximum absolute atomic E-state index is 13.0. The molecule has 1 aliphatic heterocycles.